The van der Waals surface area contributed by atoms with Gasteiger partial charge in [0, 0.05) is 37.5 Å². The van der Waals surface area contributed by atoms with Gasteiger partial charge in [0.2, 0.25) is 0 Å². The van der Waals surface area contributed by atoms with Gasteiger partial charge in [-0.3, -0.25) is 4.99 Å². The summed E-state index contributed by atoms with van der Waals surface area (Å²) in [6.07, 6.45) is -0.0117. The third-order valence-electron chi connectivity index (χ3n) is 4.65. The Kier molecular flexibility index (Phi) is 6.31. The number of hydrogen-bond donors (Lipinski definition) is 1. The molecule has 8 heteroatoms. The molecule has 2 heterocycles. The average molecular weight is 405 g/mol. The summed E-state index contributed by atoms with van der Waals surface area (Å²) in [5.74, 6) is 1.22. The Morgan fingerprint density at radius 1 is 1.46 bits per heavy atom. The first kappa shape index (κ1) is 20.3. The monoisotopic (exact) mass is 404 g/mol. The van der Waals surface area contributed by atoms with Crippen molar-refractivity contribution in [2.24, 2.45) is 4.99 Å². The molecule has 6 nitrogen and oxygen atoms in total. The average Bonchev–Trinajstić information content (AvgIpc) is 3.27. The van der Waals surface area contributed by atoms with Crippen LogP contribution in [0.4, 0.5) is 4.39 Å². The van der Waals surface area contributed by atoms with E-state index in [9.17, 15) is 4.39 Å². The molecule has 28 heavy (non-hydrogen) atoms. The third-order valence-corrected chi connectivity index (χ3v) is 5.70. The number of guanidine groups is 1. The number of furan rings is 1. The second kappa shape index (κ2) is 8.70. The van der Waals surface area contributed by atoms with Crippen molar-refractivity contribution < 1.29 is 13.5 Å². The molecule has 3 aromatic rings. The lowest BCUT2D eigenvalue weighted by Crippen LogP contribution is -2.38. The van der Waals surface area contributed by atoms with E-state index in [4.69, 9.17) is 9.15 Å². The number of benzene rings is 1. The van der Waals surface area contributed by atoms with Crippen LogP contribution in [0.15, 0.2) is 33.0 Å². The van der Waals surface area contributed by atoms with Crippen LogP contribution in [0.1, 0.15) is 35.1 Å². The van der Waals surface area contributed by atoms with E-state index in [0.717, 1.165) is 33.4 Å². The van der Waals surface area contributed by atoms with Crippen LogP contribution >= 0.6 is 11.3 Å². The third kappa shape index (κ3) is 4.34. The predicted octanol–water partition coefficient (Wildman–Crippen LogP) is 4.25. The van der Waals surface area contributed by atoms with Gasteiger partial charge in [-0.05, 0) is 32.0 Å². The number of fused-ring (bicyclic) bond motifs is 1. The summed E-state index contributed by atoms with van der Waals surface area (Å²) in [7, 11) is 5.37. The minimum atomic E-state index is -0.267. The zero-order valence-corrected chi connectivity index (χ0v) is 17.6. The fourth-order valence-electron chi connectivity index (χ4n) is 2.96. The number of methoxy groups -OCH3 is 1. The molecule has 0 aliphatic rings. The number of halogens is 1. The SMILES string of the molecule is CN=C(NCc1oc2ccc(F)cc2c1C)N(C)Cc1csc(C(C)OC)n1. The van der Waals surface area contributed by atoms with E-state index in [2.05, 4.69) is 15.3 Å². The number of nitrogens with one attached hydrogen (secondary N) is 1. The lowest BCUT2D eigenvalue weighted by atomic mass is 10.1. The van der Waals surface area contributed by atoms with E-state index < -0.39 is 0 Å². The van der Waals surface area contributed by atoms with E-state index in [1.165, 1.54) is 12.1 Å². The van der Waals surface area contributed by atoms with Gasteiger partial charge in [-0.15, -0.1) is 11.3 Å². The number of rotatable bonds is 6. The van der Waals surface area contributed by atoms with E-state index in [0.29, 0.717) is 18.7 Å². The molecule has 0 saturated carbocycles. The van der Waals surface area contributed by atoms with Crippen LogP contribution in [0.5, 0.6) is 0 Å². The Morgan fingerprint density at radius 3 is 2.96 bits per heavy atom. The maximum atomic E-state index is 13.5. The van der Waals surface area contributed by atoms with Crippen molar-refractivity contribution >= 4 is 28.3 Å². The molecule has 0 saturated heterocycles. The molecule has 0 radical (unpaired) electrons. The van der Waals surface area contributed by atoms with Gasteiger partial charge in [-0.1, -0.05) is 0 Å². The molecule has 150 valence electrons. The zero-order valence-electron chi connectivity index (χ0n) is 16.7. The van der Waals surface area contributed by atoms with Crippen LogP contribution in [0, 0.1) is 12.7 Å². The highest BCUT2D eigenvalue weighted by atomic mass is 32.1. The van der Waals surface area contributed by atoms with Crippen LogP contribution in [-0.4, -0.2) is 37.0 Å². The minimum absolute atomic E-state index is 0.0117. The van der Waals surface area contributed by atoms with Crippen molar-refractivity contribution in [1.82, 2.24) is 15.2 Å². The Balaban J connectivity index is 1.66. The summed E-state index contributed by atoms with van der Waals surface area (Å²) < 4.78 is 24.7. The minimum Gasteiger partial charge on any atom is -0.459 e. The molecule has 1 aromatic carbocycles. The molecule has 3 rings (SSSR count). The van der Waals surface area contributed by atoms with Crippen molar-refractivity contribution in [3.63, 3.8) is 0 Å². The highest BCUT2D eigenvalue weighted by Crippen LogP contribution is 2.26. The number of aliphatic imine (C=N–C) groups is 1. The van der Waals surface area contributed by atoms with Gasteiger partial charge < -0.3 is 19.4 Å². The fourth-order valence-corrected chi connectivity index (χ4v) is 3.80. The normalized spacial score (nSPS) is 13.1. The number of hydrogen-bond acceptors (Lipinski definition) is 5. The molecular formula is C20H25FN4O2S. The zero-order chi connectivity index (χ0) is 20.3. The van der Waals surface area contributed by atoms with Crippen molar-refractivity contribution in [2.45, 2.75) is 33.0 Å². The van der Waals surface area contributed by atoms with Gasteiger partial charge in [0.1, 0.15) is 28.3 Å². The summed E-state index contributed by atoms with van der Waals surface area (Å²) in [4.78, 5) is 11.0. The molecule has 0 aliphatic heterocycles. The Labute approximate surface area is 168 Å². The van der Waals surface area contributed by atoms with Gasteiger partial charge in [0.15, 0.2) is 5.96 Å². The number of aryl methyl sites for hydroxylation is 1. The van der Waals surface area contributed by atoms with E-state index in [1.54, 1.807) is 31.6 Å². The molecule has 1 atom stereocenters. The van der Waals surface area contributed by atoms with Crippen LogP contribution in [-0.2, 0) is 17.8 Å². The number of nitrogens with zero attached hydrogens (tertiary/aromatic N) is 3. The molecule has 0 fully saturated rings. The Hall–Kier alpha value is -2.45. The van der Waals surface area contributed by atoms with Crippen molar-refractivity contribution in [3.8, 4) is 0 Å². The fraction of sp³-hybridized carbons (Fsp3) is 0.400. The highest BCUT2D eigenvalue weighted by molar-refractivity contribution is 7.09. The highest BCUT2D eigenvalue weighted by Gasteiger charge is 2.15. The van der Waals surface area contributed by atoms with Gasteiger partial charge >= 0.3 is 0 Å². The van der Waals surface area contributed by atoms with Gasteiger partial charge in [-0.25, -0.2) is 9.37 Å². The molecule has 0 amide bonds. The van der Waals surface area contributed by atoms with Crippen LogP contribution in [0.3, 0.4) is 0 Å². The summed E-state index contributed by atoms with van der Waals surface area (Å²) in [6, 6.07) is 4.56. The van der Waals surface area contributed by atoms with Crippen LogP contribution in [0.25, 0.3) is 11.0 Å². The quantitative estimate of drug-likeness (QED) is 0.492. The summed E-state index contributed by atoms with van der Waals surface area (Å²) in [5.41, 5.74) is 2.57. The molecule has 1 N–H and O–H groups in total. The lowest BCUT2D eigenvalue weighted by Gasteiger charge is -2.21. The van der Waals surface area contributed by atoms with Gasteiger partial charge in [0.05, 0.1) is 18.8 Å². The molecule has 0 bridgehead atoms. The van der Waals surface area contributed by atoms with Gasteiger partial charge in [0.25, 0.3) is 0 Å². The van der Waals surface area contributed by atoms with Crippen molar-refractivity contribution in [2.75, 3.05) is 21.2 Å². The largest absolute Gasteiger partial charge is 0.459 e. The second-order valence-corrected chi connectivity index (χ2v) is 7.49. The number of ether oxygens (including phenoxy) is 1. The predicted molar refractivity (Wildman–Crippen MR) is 110 cm³/mol. The second-order valence-electron chi connectivity index (χ2n) is 6.60. The first-order valence-corrected chi connectivity index (χ1v) is 9.87. The molecule has 1 unspecified atom stereocenters. The smallest absolute Gasteiger partial charge is 0.194 e. The maximum Gasteiger partial charge on any atom is 0.194 e. The van der Waals surface area contributed by atoms with Gasteiger partial charge in [-0.2, -0.15) is 0 Å². The summed E-state index contributed by atoms with van der Waals surface area (Å²) in [6.45, 7) is 5.00. The molecule has 0 spiro atoms. The Morgan fingerprint density at radius 2 is 2.25 bits per heavy atom. The first-order chi connectivity index (χ1) is 13.4. The first-order valence-electron chi connectivity index (χ1n) is 8.99. The lowest BCUT2D eigenvalue weighted by molar-refractivity contribution is 0.119. The Bertz CT molecular complexity index is 982. The van der Waals surface area contributed by atoms with E-state index in [-0.39, 0.29) is 11.9 Å². The van der Waals surface area contributed by atoms with Crippen LogP contribution < -0.4 is 5.32 Å². The number of thiazole rings is 1. The molecule has 2 aromatic heterocycles. The topological polar surface area (TPSA) is 62.9 Å². The van der Waals surface area contributed by atoms with Crippen LogP contribution in [0.2, 0.25) is 0 Å². The van der Waals surface area contributed by atoms with E-state index in [1.807, 2.05) is 31.2 Å². The summed E-state index contributed by atoms with van der Waals surface area (Å²) in [5, 5.41) is 7.09. The van der Waals surface area contributed by atoms with Crippen molar-refractivity contribution in [1.29, 1.82) is 0 Å². The molecular weight excluding hydrogens is 379 g/mol. The van der Waals surface area contributed by atoms with Crippen molar-refractivity contribution in [3.05, 3.63) is 51.4 Å². The van der Waals surface area contributed by atoms with E-state index >= 15 is 0 Å². The summed E-state index contributed by atoms with van der Waals surface area (Å²) >= 11 is 1.59. The molecule has 0 aliphatic carbocycles. The maximum absolute atomic E-state index is 13.5. The number of aromatic nitrogens is 1. The standard InChI is InChI=1S/C20H25FN4O2S/c1-12-16-8-14(21)6-7-17(16)27-18(12)9-23-20(22-3)25(4)10-15-11-28-19(24-15)13(2)26-5/h6-8,11,13H,9-10H2,1-5H3,(H,22,23).